The highest BCUT2D eigenvalue weighted by atomic mass is 16.5. The van der Waals surface area contributed by atoms with Crippen LogP contribution >= 0.6 is 0 Å². The highest BCUT2D eigenvalue weighted by Gasteiger charge is 2.14. The summed E-state index contributed by atoms with van der Waals surface area (Å²) < 4.78 is 11.0. The number of benzene rings is 2. The second kappa shape index (κ2) is 4.02. The summed E-state index contributed by atoms with van der Waals surface area (Å²) in [5.74, 6) is 0.594. The molecule has 0 saturated carbocycles. The first kappa shape index (κ1) is 11.6. The predicted molar refractivity (Wildman–Crippen MR) is 72.9 cm³/mol. The molecule has 0 amide bonds. The number of methoxy groups -OCH3 is 1. The van der Waals surface area contributed by atoms with Crippen molar-refractivity contribution in [3.05, 3.63) is 46.1 Å². The molecule has 0 aliphatic carbocycles. The van der Waals surface area contributed by atoms with E-state index in [4.69, 9.17) is 9.15 Å². The molecule has 0 aliphatic heterocycles. The third kappa shape index (κ3) is 1.57. The van der Waals surface area contributed by atoms with Gasteiger partial charge in [0, 0.05) is 5.56 Å². The average Bonchev–Trinajstić information content (AvgIpc) is 2.40. The van der Waals surface area contributed by atoms with E-state index in [1.807, 2.05) is 6.92 Å². The predicted octanol–water partition coefficient (Wildman–Crippen LogP) is 2.97. The van der Waals surface area contributed by atoms with E-state index >= 15 is 0 Å². The summed E-state index contributed by atoms with van der Waals surface area (Å²) in [7, 11) is 1.57. The molecule has 4 heteroatoms. The fourth-order valence-electron chi connectivity index (χ4n) is 2.28. The summed E-state index contributed by atoms with van der Waals surface area (Å²) in [5, 5.41) is 10.4. The molecule has 3 aromatic rings. The lowest BCUT2D eigenvalue weighted by atomic mass is 10.1. The molecule has 3 rings (SSSR count). The van der Waals surface area contributed by atoms with Crippen LogP contribution in [0.4, 0.5) is 0 Å². The number of fused-ring (bicyclic) bond motifs is 2. The van der Waals surface area contributed by atoms with Gasteiger partial charge in [0.1, 0.15) is 28.1 Å². The normalized spacial score (nSPS) is 11.1. The largest absolute Gasteiger partial charge is 0.507 e. The standard InChI is InChI=1S/C15H12O4/c1-8-11(18-2)7-6-9-14(17)13-10(16)4-3-5-12(13)19-15(8)9/h3-7,16H,1-2H3. The van der Waals surface area contributed by atoms with Crippen molar-refractivity contribution >= 4 is 21.9 Å². The summed E-state index contributed by atoms with van der Waals surface area (Å²) in [4.78, 5) is 12.4. The molecular formula is C15H12O4. The van der Waals surface area contributed by atoms with Crippen LogP contribution in [-0.2, 0) is 0 Å². The average molecular weight is 256 g/mol. The summed E-state index contributed by atoms with van der Waals surface area (Å²) in [6, 6.07) is 8.15. The molecule has 2 aromatic carbocycles. The van der Waals surface area contributed by atoms with E-state index in [1.165, 1.54) is 6.07 Å². The van der Waals surface area contributed by atoms with E-state index in [1.54, 1.807) is 31.4 Å². The Morgan fingerprint density at radius 2 is 2.00 bits per heavy atom. The second-order valence-corrected chi connectivity index (χ2v) is 4.35. The fourth-order valence-corrected chi connectivity index (χ4v) is 2.28. The summed E-state index contributed by atoms with van der Waals surface area (Å²) >= 11 is 0. The first-order valence-electron chi connectivity index (χ1n) is 5.85. The Kier molecular flexibility index (Phi) is 2.45. The van der Waals surface area contributed by atoms with Gasteiger partial charge in [-0.25, -0.2) is 0 Å². The minimum Gasteiger partial charge on any atom is -0.507 e. The van der Waals surface area contributed by atoms with Gasteiger partial charge in [-0.15, -0.1) is 0 Å². The van der Waals surface area contributed by atoms with E-state index in [9.17, 15) is 9.90 Å². The molecule has 1 N–H and O–H groups in total. The van der Waals surface area contributed by atoms with Crippen molar-refractivity contribution in [3.8, 4) is 11.5 Å². The smallest absolute Gasteiger partial charge is 0.204 e. The van der Waals surface area contributed by atoms with Crippen LogP contribution in [0.3, 0.4) is 0 Å². The van der Waals surface area contributed by atoms with Crippen LogP contribution in [0.1, 0.15) is 5.56 Å². The minimum absolute atomic E-state index is 0.0679. The molecule has 0 radical (unpaired) electrons. The van der Waals surface area contributed by atoms with Crippen molar-refractivity contribution in [1.82, 2.24) is 0 Å². The summed E-state index contributed by atoms with van der Waals surface area (Å²) in [5.41, 5.74) is 1.39. The molecule has 0 saturated heterocycles. The van der Waals surface area contributed by atoms with E-state index < -0.39 is 0 Å². The molecular weight excluding hydrogens is 244 g/mol. The lowest BCUT2D eigenvalue weighted by Gasteiger charge is -2.08. The maximum absolute atomic E-state index is 12.4. The molecule has 19 heavy (non-hydrogen) atoms. The molecule has 4 nitrogen and oxygen atoms in total. The Balaban J connectivity index is 2.58. The number of hydrogen-bond acceptors (Lipinski definition) is 4. The Bertz CT molecular complexity index is 846. The van der Waals surface area contributed by atoms with Gasteiger partial charge in [-0.3, -0.25) is 4.79 Å². The molecule has 0 bridgehead atoms. The summed E-state index contributed by atoms with van der Waals surface area (Å²) in [6.07, 6.45) is 0. The zero-order chi connectivity index (χ0) is 13.6. The topological polar surface area (TPSA) is 59.7 Å². The SMILES string of the molecule is COc1ccc2c(=O)c3c(O)cccc3oc2c1C. The van der Waals surface area contributed by atoms with Crippen LogP contribution in [0.15, 0.2) is 39.5 Å². The van der Waals surface area contributed by atoms with Crippen molar-refractivity contribution < 1.29 is 14.3 Å². The summed E-state index contributed by atoms with van der Waals surface area (Å²) in [6.45, 7) is 1.83. The van der Waals surface area contributed by atoms with Crippen molar-refractivity contribution in [2.45, 2.75) is 6.92 Å². The van der Waals surface area contributed by atoms with Gasteiger partial charge >= 0.3 is 0 Å². The number of aromatic hydroxyl groups is 1. The maximum Gasteiger partial charge on any atom is 0.204 e. The quantitative estimate of drug-likeness (QED) is 0.680. The number of rotatable bonds is 1. The van der Waals surface area contributed by atoms with Crippen LogP contribution in [0.5, 0.6) is 11.5 Å². The fraction of sp³-hybridized carbons (Fsp3) is 0.133. The molecule has 0 atom stereocenters. The zero-order valence-electron chi connectivity index (χ0n) is 10.6. The molecule has 0 spiro atoms. The van der Waals surface area contributed by atoms with E-state index in [-0.39, 0.29) is 16.6 Å². The lowest BCUT2D eigenvalue weighted by molar-refractivity contribution is 0.411. The van der Waals surface area contributed by atoms with Crippen molar-refractivity contribution in [2.75, 3.05) is 7.11 Å². The van der Waals surface area contributed by atoms with Crippen molar-refractivity contribution in [2.24, 2.45) is 0 Å². The van der Waals surface area contributed by atoms with Crippen LogP contribution < -0.4 is 10.2 Å². The number of aryl methyl sites for hydroxylation is 1. The van der Waals surface area contributed by atoms with Gasteiger partial charge in [-0.1, -0.05) is 6.07 Å². The van der Waals surface area contributed by atoms with Crippen molar-refractivity contribution in [3.63, 3.8) is 0 Å². The van der Waals surface area contributed by atoms with Gasteiger partial charge in [0.25, 0.3) is 0 Å². The zero-order valence-corrected chi connectivity index (χ0v) is 10.6. The monoisotopic (exact) mass is 256 g/mol. The van der Waals surface area contributed by atoms with E-state index in [0.717, 1.165) is 5.56 Å². The molecule has 1 aromatic heterocycles. The van der Waals surface area contributed by atoms with Crippen LogP contribution in [-0.4, -0.2) is 12.2 Å². The number of phenols is 1. The third-order valence-electron chi connectivity index (χ3n) is 3.26. The third-order valence-corrected chi connectivity index (χ3v) is 3.26. The van der Waals surface area contributed by atoms with Crippen molar-refractivity contribution in [1.29, 1.82) is 0 Å². The van der Waals surface area contributed by atoms with E-state index in [0.29, 0.717) is 22.3 Å². The molecule has 0 aliphatic rings. The van der Waals surface area contributed by atoms with Crippen LogP contribution in [0.25, 0.3) is 21.9 Å². The van der Waals surface area contributed by atoms with Gasteiger partial charge in [-0.2, -0.15) is 0 Å². The minimum atomic E-state index is -0.236. The first-order chi connectivity index (χ1) is 9.13. The van der Waals surface area contributed by atoms with Gasteiger partial charge in [0.15, 0.2) is 0 Å². The lowest BCUT2D eigenvalue weighted by Crippen LogP contribution is -2.03. The highest BCUT2D eigenvalue weighted by Crippen LogP contribution is 2.30. The number of ether oxygens (including phenoxy) is 1. The number of hydrogen-bond donors (Lipinski definition) is 1. The maximum atomic E-state index is 12.4. The Morgan fingerprint density at radius 1 is 1.21 bits per heavy atom. The molecule has 0 unspecified atom stereocenters. The molecule has 96 valence electrons. The van der Waals surface area contributed by atoms with Crippen LogP contribution in [0.2, 0.25) is 0 Å². The Labute approximate surface area is 108 Å². The molecule has 0 fully saturated rings. The van der Waals surface area contributed by atoms with Gasteiger partial charge in [-0.05, 0) is 31.2 Å². The van der Waals surface area contributed by atoms with Gasteiger partial charge in [0.05, 0.1) is 12.5 Å². The number of phenolic OH excluding ortho intramolecular Hbond substituents is 1. The van der Waals surface area contributed by atoms with Crippen LogP contribution in [0, 0.1) is 6.92 Å². The van der Waals surface area contributed by atoms with Gasteiger partial charge in [0.2, 0.25) is 5.43 Å². The molecule has 1 heterocycles. The second-order valence-electron chi connectivity index (χ2n) is 4.35. The van der Waals surface area contributed by atoms with E-state index in [2.05, 4.69) is 0 Å². The Morgan fingerprint density at radius 3 is 2.74 bits per heavy atom. The highest BCUT2D eigenvalue weighted by molar-refractivity contribution is 5.94. The van der Waals surface area contributed by atoms with Gasteiger partial charge < -0.3 is 14.3 Å². The Hall–Kier alpha value is -2.49. The first-order valence-corrected chi connectivity index (χ1v) is 5.85.